The highest BCUT2D eigenvalue weighted by atomic mass is 19.4. The molecule has 0 saturated heterocycles. The van der Waals surface area contributed by atoms with Crippen LogP contribution in [0.2, 0.25) is 0 Å². The van der Waals surface area contributed by atoms with Crippen LogP contribution in [0.4, 0.5) is 24.9 Å². The normalized spacial score (nSPS) is 13.5. The summed E-state index contributed by atoms with van der Waals surface area (Å²) in [4.78, 5) is 7.24. The third-order valence-electron chi connectivity index (χ3n) is 2.57. The van der Waals surface area contributed by atoms with E-state index in [9.17, 15) is 13.2 Å². The number of anilines is 2. The smallest absolute Gasteiger partial charge is 0.394 e. The number of nitrogens with one attached hydrogen (secondary N) is 2. The number of aliphatic hydroxyl groups excluding tert-OH is 1. The molecule has 0 spiro atoms. The minimum Gasteiger partial charge on any atom is -0.394 e. The Hall–Kier alpha value is -1.57. The fraction of sp³-hybridized carbons (Fsp3) is 0.636. The highest BCUT2D eigenvalue weighted by Gasteiger charge is 2.33. The first-order valence-electron chi connectivity index (χ1n) is 5.79. The first-order valence-corrected chi connectivity index (χ1v) is 5.79. The van der Waals surface area contributed by atoms with Crippen molar-refractivity contribution in [2.24, 2.45) is 5.92 Å². The van der Waals surface area contributed by atoms with Crippen molar-refractivity contribution in [2.45, 2.75) is 26.1 Å². The number of hydrogen-bond donors (Lipinski definition) is 3. The van der Waals surface area contributed by atoms with Gasteiger partial charge in [-0.1, -0.05) is 13.8 Å². The fourth-order valence-corrected chi connectivity index (χ4v) is 1.39. The predicted molar refractivity (Wildman–Crippen MR) is 65.9 cm³/mol. The minimum absolute atomic E-state index is 0.0272. The van der Waals surface area contributed by atoms with E-state index >= 15 is 0 Å². The fourth-order valence-electron chi connectivity index (χ4n) is 1.39. The summed E-state index contributed by atoms with van der Waals surface area (Å²) in [5, 5.41) is 14.4. The Morgan fingerprint density at radius 2 is 1.95 bits per heavy atom. The monoisotopic (exact) mass is 278 g/mol. The molecule has 0 aliphatic rings. The van der Waals surface area contributed by atoms with Crippen LogP contribution in [0.5, 0.6) is 0 Å². The lowest BCUT2D eigenvalue weighted by Gasteiger charge is -2.21. The number of halogens is 3. The lowest BCUT2D eigenvalue weighted by molar-refractivity contribution is -0.141. The second-order valence-corrected chi connectivity index (χ2v) is 4.39. The van der Waals surface area contributed by atoms with E-state index in [1.54, 1.807) is 0 Å². The molecule has 0 unspecified atom stereocenters. The van der Waals surface area contributed by atoms with Crippen molar-refractivity contribution < 1.29 is 18.3 Å². The molecule has 0 saturated carbocycles. The Labute approximate surface area is 109 Å². The molecule has 1 atom stereocenters. The molecule has 0 radical (unpaired) electrons. The predicted octanol–water partition coefficient (Wildman–Crippen LogP) is 1.97. The van der Waals surface area contributed by atoms with Crippen LogP contribution in [0.15, 0.2) is 6.07 Å². The third-order valence-corrected chi connectivity index (χ3v) is 2.57. The standard InChI is InChI=1S/C11H17F3N4O/c1-6(2)7(5-19)16-9-4-8(11(12,13)14)17-10(15-3)18-9/h4,6-7,19H,5H2,1-3H3,(H2,15,16,17,18)/t7-/m1/s1. The Kier molecular flexibility index (Phi) is 4.93. The van der Waals surface area contributed by atoms with Crippen LogP contribution in [0.1, 0.15) is 19.5 Å². The van der Waals surface area contributed by atoms with Crippen molar-refractivity contribution in [3.63, 3.8) is 0 Å². The summed E-state index contributed by atoms with van der Waals surface area (Å²) in [6.45, 7) is 3.50. The van der Waals surface area contributed by atoms with Crippen LogP contribution in [0.3, 0.4) is 0 Å². The Morgan fingerprint density at radius 1 is 1.32 bits per heavy atom. The zero-order valence-corrected chi connectivity index (χ0v) is 10.9. The molecule has 0 aliphatic carbocycles. The van der Waals surface area contributed by atoms with Crippen molar-refractivity contribution in [2.75, 3.05) is 24.3 Å². The van der Waals surface area contributed by atoms with Crippen molar-refractivity contribution in [3.8, 4) is 0 Å². The SMILES string of the molecule is CNc1nc(N[C@H](CO)C(C)C)cc(C(F)(F)F)n1. The Morgan fingerprint density at radius 3 is 2.37 bits per heavy atom. The van der Waals surface area contributed by atoms with Crippen LogP contribution in [0, 0.1) is 5.92 Å². The second-order valence-electron chi connectivity index (χ2n) is 4.39. The van der Waals surface area contributed by atoms with Gasteiger partial charge in [-0.2, -0.15) is 18.2 Å². The van der Waals surface area contributed by atoms with Crippen LogP contribution < -0.4 is 10.6 Å². The lowest BCUT2D eigenvalue weighted by Crippen LogP contribution is -2.30. The van der Waals surface area contributed by atoms with E-state index in [2.05, 4.69) is 20.6 Å². The van der Waals surface area contributed by atoms with Gasteiger partial charge in [0, 0.05) is 13.1 Å². The molecule has 19 heavy (non-hydrogen) atoms. The van der Waals surface area contributed by atoms with Crippen molar-refractivity contribution in [1.82, 2.24) is 9.97 Å². The number of rotatable bonds is 5. The summed E-state index contributed by atoms with van der Waals surface area (Å²) in [7, 11) is 1.44. The van der Waals surface area contributed by atoms with Gasteiger partial charge < -0.3 is 15.7 Å². The maximum atomic E-state index is 12.7. The quantitative estimate of drug-likeness (QED) is 0.768. The van der Waals surface area contributed by atoms with Gasteiger partial charge in [0.25, 0.3) is 0 Å². The van der Waals surface area contributed by atoms with Gasteiger partial charge in [-0.25, -0.2) is 4.98 Å². The minimum atomic E-state index is -4.54. The lowest BCUT2D eigenvalue weighted by atomic mass is 10.1. The van der Waals surface area contributed by atoms with Crippen molar-refractivity contribution >= 4 is 11.8 Å². The van der Waals surface area contributed by atoms with Crippen LogP contribution in [0.25, 0.3) is 0 Å². The number of aliphatic hydroxyl groups is 1. The van der Waals surface area contributed by atoms with Crippen LogP contribution in [-0.2, 0) is 6.18 Å². The molecule has 1 rings (SSSR count). The van der Waals surface area contributed by atoms with E-state index in [1.165, 1.54) is 7.05 Å². The van der Waals surface area contributed by atoms with E-state index in [4.69, 9.17) is 5.11 Å². The first-order chi connectivity index (χ1) is 8.77. The molecule has 3 N–H and O–H groups in total. The van der Waals surface area contributed by atoms with Gasteiger partial charge in [-0.05, 0) is 5.92 Å². The highest BCUT2D eigenvalue weighted by Crippen LogP contribution is 2.29. The summed E-state index contributed by atoms with van der Waals surface area (Å²) in [6, 6.07) is 0.451. The molecule has 108 valence electrons. The molecular formula is C11H17F3N4O. The van der Waals surface area contributed by atoms with Gasteiger partial charge in [0.1, 0.15) is 5.82 Å². The zero-order chi connectivity index (χ0) is 14.6. The maximum absolute atomic E-state index is 12.7. The molecule has 0 amide bonds. The Bertz CT molecular complexity index is 423. The summed E-state index contributed by atoms with van der Waals surface area (Å²) in [5.41, 5.74) is -1.03. The highest BCUT2D eigenvalue weighted by molar-refractivity contribution is 5.43. The van der Waals surface area contributed by atoms with E-state index in [0.29, 0.717) is 0 Å². The largest absolute Gasteiger partial charge is 0.433 e. The molecular weight excluding hydrogens is 261 g/mol. The van der Waals surface area contributed by atoms with Crippen molar-refractivity contribution in [3.05, 3.63) is 11.8 Å². The average Bonchev–Trinajstić information content (AvgIpc) is 2.34. The molecule has 0 bridgehead atoms. The molecule has 8 heteroatoms. The van der Waals surface area contributed by atoms with Gasteiger partial charge in [-0.3, -0.25) is 0 Å². The molecule has 0 fully saturated rings. The summed E-state index contributed by atoms with van der Waals surface area (Å²) >= 11 is 0. The van der Waals surface area contributed by atoms with Gasteiger partial charge in [0.05, 0.1) is 12.6 Å². The van der Waals surface area contributed by atoms with Gasteiger partial charge in [0.15, 0.2) is 5.69 Å². The Balaban J connectivity index is 3.07. The van der Waals surface area contributed by atoms with E-state index < -0.39 is 11.9 Å². The van der Waals surface area contributed by atoms with Gasteiger partial charge in [-0.15, -0.1) is 0 Å². The molecule has 1 heterocycles. The molecule has 1 aromatic rings. The summed E-state index contributed by atoms with van der Waals surface area (Å²) in [6.07, 6.45) is -4.54. The average molecular weight is 278 g/mol. The molecule has 1 aromatic heterocycles. The summed E-state index contributed by atoms with van der Waals surface area (Å²) in [5.74, 6) is -0.0514. The molecule has 0 aromatic carbocycles. The number of alkyl halides is 3. The van der Waals surface area contributed by atoms with Gasteiger partial charge in [0.2, 0.25) is 5.95 Å². The van der Waals surface area contributed by atoms with Crippen LogP contribution >= 0.6 is 0 Å². The van der Waals surface area contributed by atoms with Crippen molar-refractivity contribution in [1.29, 1.82) is 0 Å². The topological polar surface area (TPSA) is 70.1 Å². The van der Waals surface area contributed by atoms with E-state index in [1.807, 2.05) is 13.8 Å². The van der Waals surface area contributed by atoms with E-state index in [0.717, 1.165) is 6.07 Å². The first kappa shape index (κ1) is 15.5. The third kappa shape index (κ3) is 4.23. The number of nitrogens with zero attached hydrogens (tertiary/aromatic N) is 2. The van der Waals surface area contributed by atoms with Gasteiger partial charge >= 0.3 is 6.18 Å². The van der Waals surface area contributed by atoms with E-state index in [-0.39, 0.29) is 30.3 Å². The number of hydrogen-bond acceptors (Lipinski definition) is 5. The summed E-state index contributed by atoms with van der Waals surface area (Å²) < 4.78 is 38.0. The maximum Gasteiger partial charge on any atom is 0.433 e. The second kappa shape index (κ2) is 6.05. The number of aromatic nitrogens is 2. The molecule has 5 nitrogen and oxygen atoms in total. The van der Waals surface area contributed by atoms with Crippen LogP contribution in [-0.4, -0.2) is 34.8 Å². The molecule has 0 aliphatic heterocycles. The zero-order valence-electron chi connectivity index (χ0n) is 10.9.